The van der Waals surface area contributed by atoms with Gasteiger partial charge in [-0.05, 0) is 13.3 Å². The van der Waals surface area contributed by atoms with Crippen LogP contribution in [0.2, 0.25) is 0 Å². The fourth-order valence-corrected chi connectivity index (χ4v) is 1.54. The van der Waals surface area contributed by atoms with Crippen molar-refractivity contribution >= 4 is 12.1 Å². The van der Waals surface area contributed by atoms with Crippen LogP contribution in [0.5, 0.6) is 0 Å². The lowest BCUT2D eigenvalue weighted by atomic mass is 10.1. The van der Waals surface area contributed by atoms with Crippen LogP contribution < -0.4 is 5.32 Å². The molecule has 0 bridgehead atoms. The summed E-state index contributed by atoms with van der Waals surface area (Å²) in [6, 6.07) is 0. The summed E-state index contributed by atoms with van der Waals surface area (Å²) in [5, 5.41) is 2.67. The topological polar surface area (TPSA) is 64.6 Å². The van der Waals surface area contributed by atoms with Crippen molar-refractivity contribution in [2.75, 3.05) is 19.8 Å². The molecule has 0 fully saturated rings. The molecule has 116 valence electrons. The molecule has 0 aliphatic carbocycles. The molecule has 5 nitrogen and oxygen atoms in total. The molecule has 1 N–H and O–H groups in total. The van der Waals surface area contributed by atoms with E-state index in [1.165, 1.54) is 25.7 Å². The molecule has 0 saturated carbocycles. The zero-order valence-electron chi connectivity index (χ0n) is 12.7. The fraction of sp³-hybridized carbons (Fsp3) is 0.733. The summed E-state index contributed by atoms with van der Waals surface area (Å²) >= 11 is 0. The second-order valence-corrected chi connectivity index (χ2v) is 4.75. The summed E-state index contributed by atoms with van der Waals surface area (Å²) in [4.78, 5) is 22.3. The van der Waals surface area contributed by atoms with Gasteiger partial charge in [0.05, 0.1) is 0 Å². The van der Waals surface area contributed by atoms with Crippen molar-refractivity contribution in [2.45, 2.75) is 52.4 Å². The molecular formula is C15H27NO4. The van der Waals surface area contributed by atoms with Gasteiger partial charge in [0.15, 0.2) is 0 Å². The predicted molar refractivity (Wildman–Crippen MR) is 78.5 cm³/mol. The first-order valence-electron chi connectivity index (χ1n) is 7.31. The van der Waals surface area contributed by atoms with E-state index in [1.54, 1.807) is 6.92 Å². The van der Waals surface area contributed by atoms with Crippen LogP contribution in [-0.2, 0) is 14.3 Å². The van der Waals surface area contributed by atoms with Gasteiger partial charge in [0.25, 0.3) is 0 Å². The van der Waals surface area contributed by atoms with Crippen LogP contribution >= 0.6 is 0 Å². The molecule has 0 aromatic heterocycles. The lowest BCUT2D eigenvalue weighted by molar-refractivity contribution is -0.139. The molecule has 0 spiro atoms. The van der Waals surface area contributed by atoms with Gasteiger partial charge >= 0.3 is 12.1 Å². The first-order chi connectivity index (χ1) is 9.57. The first kappa shape index (κ1) is 18.5. The van der Waals surface area contributed by atoms with Crippen LogP contribution in [0.15, 0.2) is 12.2 Å². The maximum absolute atomic E-state index is 11.3. The van der Waals surface area contributed by atoms with E-state index in [0.29, 0.717) is 12.1 Å². The van der Waals surface area contributed by atoms with Gasteiger partial charge in [-0.2, -0.15) is 0 Å². The fourth-order valence-electron chi connectivity index (χ4n) is 1.54. The van der Waals surface area contributed by atoms with Crippen LogP contribution in [0.4, 0.5) is 4.79 Å². The van der Waals surface area contributed by atoms with E-state index >= 15 is 0 Å². The molecule has 0 aliphatic heterocycles. The molecule has 20 heavy (non-hydrogen) atoms. The number of hydrogen-bond acceptors (Lipinski definition) is 4. The van der Waals surface area contributed by atoms with E-state index in [2.05, 4.69) is 18.8 Å². The average molecular weight is 285 g/mol. The van der Waals surface area contributed by atoms with Crippen LogP contribution in [0.3, 0.4) is 0 Å². The molecular weight excluding hydrogens is 258 g/mol. The van der Waals surface area contributed by atoms with E-state index in [4.69, 9.17) is 9.47 Å². The molecule has 5 heteroatoms. The van der Waals surface area contributed by atoms with E-state index in [0.717, 1.165) is 12.8 Å². The molecule has 0 unspecified atom stereocenters. The number of rotatable bonds is 11. The summed E-state index contributed by atoms with van der Waals surface area (Å²) in [5.41, 5.74) is 0.331. The van der Waals surface area contributed by atoms with Crippen LogP contribution in [0, 0.1) is 0 Å². The zero-order chi connectivity index (χ0) is 15.2. The van der Waals surface area contributed by atoms with Gasteiger partial charge in [0.1, 0.15) is 13.2 Å². The molecule has 0 aliphatic rings. The highest BCUT2D eigenvalue weighted by atomic mass is 16.6. The van der Waals surface area contributed by atoms with Gasteiger partial charge in [-0.1, -0.05) is 45.6 Å². The summed E-state index contributed by atoms with van der Waals surface area (Å²) in [7, 11) is 0. The van der Waals surface area contributed by atoms with Crippen molar-refractivity contribution < 1.29 is 19.1 Å². The third-order valence-electron chi connectivity index (χ3n) is 2.70. The minimum atomic E-state index is -0.471. The standard InChI is InChI=1S/C15H27NO4/c1-4-5-6-7-8-9-10-16-15(18)20-12-11-19-14(17)13(2)3/h2,4-12H2,1,3H3,(H,16,18). The Morgan fingerprint density at radius 2 is 1.60 bits per heavy atom. The normalized spacial score (nSPS) is 9.90. The largest absolute Gasteiger partial charge is 0.459 e. The highest BCUT2D eigenvalue weighted by molar-refractivity contribution is 5.86. The monoisotopic (exact) mass is 285 g/mol. The van der Waals surface area contributed by atoms with Gasteiger partial charge in [0, 0.05) is 12.1 Å². The Balaban J connectivity index is 3.33. The van der Waals surface area contributed by atoms with Crippen molar-refractivity contribution in [3.05, 3.63) is 12.2 Å². The van der Waals surface area contributed by atoms with Crippen LogP contribution in [0.25, 0.3) is 0 Å². The van der Waals surface area contributed by atoms with E-state index in [1.807, 2.05) is 0 Å². The number of esters is 1. The average Bonchev–Trinajstić information content (AvgIpc) is 2.42. The number of carbonyl (C=O) groups is 2. The Morgan fingerprint density at radius 1 is 1.00 bits per heavy atom. The van der Waals surface area contributed by atoms with Gasteiger partial charge in [-0.15, -0.1) is 0 Å². The Labute approximate surface area is 121 Å². The second-order valence-electron chi connectivity index (χ2n) is 4.75. The Bertz CT molecular complexity index is 302. The van der Waals surface area contributed by atoms with Crippen LogP contribution in [0.1, 0.15) is 52.4 Å². The number of alkyl carbamates (subject to hydrolysis) is 1. The molecule has 0 saturated heterocycles. The number of hydrogen-bond donors (Lipinski definition) is 1. The zero-order valence-corrected chi connectivity index (χ0v) is 12.7. The van der Waals surface area contributed by atoms with E-state index in [9.17, 15) is 9.59 Å². The quantitative estimate of drug-likeness (QED) is 0.360. The molecule has 0 heterocycles. The van der Waals surface area contributed by atoms with Gasteiger partial charge in [-0.3, -0.25) is 0 Å². The van der Waals surface area contributed by atoms with Gasteiger partial charge in [-0.25, -0.2) is 9.59 Å². The Hall–Kier alpha value is -1.52. The molecule has 0 aromatic rings. The second kappa shape index (κ2) is 12.5. The number of ether oxygens (including phenoxy) is 2. The Morgan fingerprint density at radius 3 is 2.25 bits per heavy atom. The number of amides is 1. The van der Waals surface area contributed by atoms with Crippen molar-refractivity contribution in [1.82, 2.24) is 5.32 Å². The smallest absolute Gasteiger partial charge is 0.407 e. The number of carbonyl (C=O) groups excluding carboxylic acids is 2. The third-order valence-corrected chi connectivity index (χ3v) is 2.70. The van der Waals surface area contributed by atoms with Gasteiger partial charge < -0.3 is 14.8 Å². The Kier molecular flexibility index (Phi) is 11.6. The summed E-state index contributed by atoms with van der Waals surface area (Å²) in [6.07, 6.45) is 6.60. The lowest BCUT2D eigenvalue weighted by Gasteiger charge is -2.07. The van der Waals surface area contributed by atoms with Crippen molar-refractivity contribution in [1.29, 1.82) is 0 Å². The molecule has 0 aromatic carbocycles. The number of unbranched alkanes of at least 4 members (excludes halogenated alkanes) is 5. The number of nitrogens with one attached hydrogen (secondary N) is 1. The molecule has 0 atom stereocenters. The minimum Gasteiger partial charge on any atom is -0.459 e. The van der Waals surface area contributed by atoms with Crippen molar-refractivity contribution in [2.24, 2.45) is 0 Å². The predicted octanol–water partition coefficient (Wildman–Crippen LogP) is 3.19. The first-order valence-corrected chi connectivity index (χ1v) is 7.31. The molecule has 0 rings (SSSR count). The summed E-state index contributed by atoms with van der Waals surface area (Å²) in [5.74, 6) is -0.471. The maximum atomic E-state index is 11.3. The molecule has 1 amide bonds. The van der Waals surface area contributed by atoms with Crippen molar-refractivity contribution in [3.8, 4) is 0 Å². The maximum Gasteiger partial charge on any atom is 0.407 e. The SMILES string of the molecule is C=C(C)C(=O)OCCOC(=O)NCCCCCCCC. The summed E-state index contributed by atoms with van der Waals surface area (Å²) in [6.45, 7) is 7.93. The lowest BCUT2D eigenvalue weighted by Crippen LogP contribution is -2.26. The van der Waals surface area contributed by atoms with Gasteiger partial charge in [0.2, 0.25) is 0 Å². The van der Waals surface area contributed by atoms with E-state index < -0.39 is 12.1 Å². The minimum absolute atomic E-state index is 0.0517. The highest BCUT2D eigenvalue weighted by Crippen LogP contribution is 2.04. The third kappa shape index (κ3) is 11.6. The summed E-state index contributed by atoms with van der Waals surface area (Å²) < 4.78 is 9.65. The molecule has 0 radical (unpaired) electrons. The highest BCUT2D eigenvalue weighted by Gasteiger charge is 2.04. The van der Waals surface area contributed by atoms with E-state index in [-0.39, 0.29) is 13.2 Å². The van der Waals surface area contributed by atoms with Crippen LogP contribution in [-0.4, -0.2) is 31.8 Å². The van der Waals surface area contributed by atoms with Crippen molar-refractivity contribution in [3.63, 3.8) is 0 Å².